The van der Waals surface area contributed by atoms with Crippen LogP contribution in [0.4, 0.5) is 0 Å². The summed E-state index contributed by atoms with van der Waals surface area (Å²) in [5, 5.41) is 0. The van der Waals surface area contributed by atoms with Gasteiger partial charge in [0.1, 0.15) is 0 Å². The molecule has 0 radical (unpaired) electrons. The zero-order valence-corrected chi connectivity index (χ0v) is 11.3. The van der Waals surface area contributed by atoms with Gasteiger partial charge in [-0.1, -0.05) is 0 Å². The Morgan fingerprint density at radius 3 is 1.56 bits per heavy atom. The molecule has 0 heterocycles. The molecule has 0 N–H and O–H groups in total. The molecule has 0 aliphatic heterocycles. The molecule has 1 nitrogen and oxygen atoms in total. The van der Waals surface area contributed by atoms with E-state index < -0.39 is 18.0 Å². The van der Waals surface area contributed by atoms with Crippen LogP contribution in [0.3, 0.4) is 0 Å². The first kappa shape index (κ1) is 10.4. The summed E-state index contributed by atoms with van der Waals surface area (Å²) in [5.41, 5.74) is 0. The molecule has 0 aromatic heterocycles. The van der Waals surface area contributed by atoms with Crippen molar-refractivity contribution in [2.75, 3.05) is 7.11 Å². The van der Waals surface area contributed by atoms with Gasteiger partial charge in [0.05, 0.1) is 0 Å². The second kappa shape index (κ2) is 3.21. The molecule has 0 saturated carbocycles. The summed E-state index contributed by atoms with van der Waals surface area (Å²) in [6, 6.07) is 0. The zero-order chi connectivity index (χ0) is 7.71. The predicted octanol–water partition coefficient (Wildman–Crippen LogP) is 3.23. The van der Waals surface area contributed by atoms with Crippen LogP contribution < -0.4 is 0 Å². The molecule has 4 heteroatoms. The molecule has 0 saturated heterocycles. The van der Waals surface area contributed by atoms with Gasteiger partial charge in [0.15, 0.2) is 0 Å². The fourth-order valence-electron chi connectivity index (χ4n) is 0.306. The standard InChI is InChI=1S/C4H9.CH3O.2ClH.Hf/c1-4(2)3;1-2;;;/h1-3H3;1H3;2*1H;/q;-1;;;+3/p-2. The van der Waals surface area contributed by atoms with E-state index in [4.69, 9.17) is 20.0 Å². The minimum absolute atomic E-state index is 0.0230. The van der Waals surface area contributed by atoms with E-state index in [9.17, 15) is 0 Å². The quantitative estimate of drug-likeness (QED) is 0.668. The van der Waals surface area contributed by atoms with E-state index in [0.717, 1.165) is 0 Å². The van der Waals surface area contributed by atoms with Crippen molar-refractivity contribution in [2.45, 2.75) is 23.9 Å². The third kappa shape index (κ3) is 2.87. The number of halogens is 2. The Hall–Kier alpha value is 1.41. The van der Waals surface area contributed by atoms with Crippen molar-refractivity contribution in [2.24, 2.45) is 0 Å². The summed E-state index contributed by atoms with van der Waals surface area (Å²) >= 11 is -3.25. The average molecular weight is 338 g/mol. The fourth-order valence-corrected chi connectivity index (χ4v) is 2.51. The Morgan fingerprint density at radius 2 is 1.56 bits per heavy atom. The van der Waals surface area contributed by atoms with Crippen molar-refractivity contribution in [3.63, 3.8) is 0 Å². The zero-order valence-electron chi connectivity index (χ0n) is 6.16. The van der Waals surface area contributed by atoms with E-state index in [1.54, 1.807) is 7.11 Å². The summed E-state index contributed by atoms with van der Waals surface area (Å²) < 4.78 is 5.03. The van der Waals surface area contributed by atoms with Gasteiger partial charge in [0, 0.05) is 0 Å². The Labute approximate surface area is 68.8 Å². The average Bonchev–Trinajstić information content (AvgIpc) is 1.64. The van der Waals surface area contributed by atoms with E-state index in [2.05, 4.69) is 0 Å². The van der Waals surface area contributed by atoms with E-state index >= 15 is 0 Å². The van der Waals surface area contributed by atoms with Crippen molar-refractivity contribution < 1.29 is 20.9 Å². The second-order valence-corrected chi connectivity index (χ2v) is 23.8. The monoisotopic (exact) mass is 338 g/mol. The van der Waals surface area contributed by atoms with Gasteiger partial charge in [-0.05, 0) is 0 Å². The predicted molar refractivity (Wildman–Crippen MR) is 38.4 cm³/mol. The first-order valence-corrected chi connectivity index (χ1v) is 14.9. The molecule has 0 unspecified atom stereocenters. The van der Waals surface area contributed by atoms with E-state index in [1.807, 2.05) is 20.8 Å². The molecule has 56 valence electrons. The first-order valence-electron chi connectivity index (χ1n) is 2.74. The third-order valence-corrected chi connectivity index (χ3v) is 21.1. The third-order valence-electron chi connectivity index (χ3n) is 1.13. The summed E-state index contributed by atoms with van der Waals surface area (Å²) in [6.45, 7) is 6.04. The van der Waals surface area contributed by atoms with Gasteiger partial charge < -0.3 is 0 Å². The molecule has 0 aliphatic carbocycles. The first-order chi connectivity index (χ1) is 3.81. The number of rotatable bonds is 1. The molecule has 0 fully saturated rings. The SMILES string of the molecule is C[O][Hf]([Cl])([Cl])[C](C)(C)C. The molecule has 0 aromatic carbocycles. The van der Waals surface area contributed by atoms with Crippen molar-refractivity contribution in [3.05, 3.63) is 0 Å². The molecule has 0 amide bonds. The van der Waals surface area contributed by atoms with Crippen LogP contribution in [0.25, 0.3) is 0 Å². The summed E-state index contributed by atoms with van der Waals surface area (Å²) in [6.07, 6.45) is 0. The van der Waals surface area contributed by atoms with Gasteiger partial charge in [-0.2, -0.15) is 0 Å². The normalized spacial score (nSPS) is 14.0. The van der Waals surface area contributed by atoms with Crippen molar-refractivity contribution in [3.8, 4) is 0 Å². The topological polar surface area (TPSA) is 9.23 Å². The van der Waals surface area contributed by atoms with E-state index in [-0.39, 0.29) is 3.17 Å². The van der Waals surface area contributed by atoms with Gasteiger partial charge in [-0.15, -0.1) is 0 Å². The van der Waals surface area contributed by atoms with Crippen molar-refractivity contribution >= 4 is 17.2 Å². The van der Waals surface area contributed by atoms with E-state index in [0.29, 0.717) is 0 Å². The molecular weight excluding hydrogens is 325 g/mol. The molecule has 0 bridgehead atoms. The van der Waals surface area contributed by atoms with Crippen LogP contribution in [-0.4, -0.2) is 7.11 Å². The van der Waals surface area contributed by atoms with Crippen LogP contribution in [0.1, 0.15) is 20.8 Å². The summed E-state index contributed by atoms with van der Waals surface area (Å²) in [4.78, 5) is 0. The molecular formula is C5H12Cl2HfO. The Balaban J connectivity index is 4.14. The van der Waals surface area contributed by atoms with Crippen LogP contribution in [-0.2, 0) is 20.9 Å². The number of hydrogen-bond acceptors (Lipinski definition) is 1. The van der Waals surface area contributed by atoms with Crippen LogP contribution in [0.5, 0.6) is 0 Å². The summed E-state index contributed by atoms with van der Waals surface area (Å²) in [7, 11) is 13.5. The summed E-state index contributed by atoms with van der Waals surface area (Å²) in [5.74, 6) is 0. The van der Waals surface area contributed by atoms with Gasteiger partial charge in [0.25, 0.3) is 0 Å². The number of hydrogen-bond donors (Lipinski definition) is 0. The fraction of sp³-hybridized carbons (Fsp3) is 1.00. The second-order valence-electron chi connectivity index (χ2n) is 2.97. The van der Waals surface area contributed by atoms with Crippen LogP contribution in [0, 0.1) is 0 Å². The van der Waals surface area contributed by atoms with Crippen molar-refractivity contribution in [1.29, 1.82) is 0 Å². The van der Waals surface area contributed by atoms with Gasteiger partial charge in [-0.3, -0.25) is 0 Å². The molecule has 0 rings (SSSR count). The van der Waals surface area contributed by atoms with Crippen LogP contribution >= 0.6 is 17.2 Å². The van der Waals surface area contributed by atoms with Gasteiger partial charge in [-0.25, -0.2) is 0 Å². The molecule has 0 aliphatic rings. The Morgan fingerprint density at radius 1 is 1.22 bits per heavy atom. The maximum atomic E-state index is 5.96. The van der Waals surface area contributed by atoms with Crippen LogP contribution in [0.15, 0.2) is 0 Å². The van der Waals surface area contributed by atoms with E-state index in [1.165, 1.54) is 0 Å². The maximum absolute atomic E-state index is 5.96. The van der Waals surface area contributed by atoms with Crippen molar-refractivity contribution in [1.82, 2.24) is 0 Å². The van der Waals surface area contributed by atoms with Crippen LogP contribution in [0.2, 0.25) is 3.17 Å². The molecule has 9 heavy (non-hydrogen) atoms. The minimum atomic E-state index is -3.25. The van der Waals surface area contributed by atoms with Gasteiger partial charge >= 0.3 is 69.1 Å². The molecule has 0 spiro atoms. The molecule has 0 atom stereocenters. The molecule has 0 aromatic rings. The Kier molecular flexibility index (Phi) is 3.71. The van der Waals surface area contributed by atoms with Gasteiger partial charge in [0.2, 0.25) is 0 Å². The Bertz CT molecular complexity index is 97.6.